The zero-order valence-corrected chi connectivity index (χ0v) is 9.66. The number of carbonyl (C=O) groups is 2. The third kappa shape index (κ3) is 3.38. The van der Waals surface area contributed by atoms with Crippen LogP contribution in [-0.4, -0.2) is 18.8 Å². The first-order valence-electron chi connectivity index (χ1n) is 4.97. The minimum atomic E-state index is -0.168. The number of carbonyl (C=O) groups excluding carboxylic acids is 2. The van der Waals surface area contributed by atoms with Crippen molar-refractivity contribution in [3.63, 3.8) is 0 Å². The molecule has 0 bridgehead atoms. The Labute approximate surface area is 94.6 Å². The quantitative estimate of drug-likeness (QED) is 0.843. The van der Waals surface area contributed by atoms with Gasteiger partial charge in [-0.15, -0.1) is 0 Å². The van der Waals surface area contributed by atoms with E-state index < -0.39 is 0 Å². The summed E-state index contributed by atoms with van der Waals surface area (Å²) >= 11 is 0. The molecule has 0 aliphatic heterocycles. The van der Waals surface area contributed by atoms with E-state index in [1.165, 1.54) is 21.0 Å². The monoisotopic (exact) mass is 221 g/mol. The first-order chi connectivity index (χ1) is 7.52. The first-order valence-corrected chi connectivity index (χ1v) is 4.97. The zero-order chi connectivity index (χ0) is 12.1. The van der Waals surface area contributed by atoms with Crippen LogP contribution in [-0.2, 0) is 16.0 Å². The predicted molar refractivity (Wildman–Crippen MR) is 61.7 cm³/mol. The highest BCUT2D eigenvalue weighted by Gasteiger charge is 2.06. The number of hydrogen-bond donors (Lipinski definition) is 1. The van der Waals surface area contributed by atoms with Crippen LogP contribution in [0.5, 0.6) is 5.75 Å². The van der Waals surface area contributed by atoms with Crippen LogP contribution < -0.4 is 10.1 Å². The highest BCUT2D eigenvalue weighted by molar-refractivity contribution is 5.90. The number of methoxy groups -OCH3 is 1. The molecular formula is C12H15NO3. The molecule has 16 heavy (non-hydrogen) atoms. The molecule has 1 rings (SSSR count). The fourth-order valence-electron chi connectivity index (χ4n) is 1.44. The standard InChI is InChI=1S/C12H15NO3/c1-8(14)6-10-4-5-12(16-3)11(7-10)13-9(2)15/h4-5,7H,6H2,1-3H3,(H,13,15). The molecule has 0 aliphatic rings. The maximum atomic E-state index is 11.0. The van der Waals surface area contributed by atoms with E-state index in [0.717, 1.165) is 5.56 Å². The molecule has 0 saturated heterocycles. The Morgan fingerprint density at radius 2 is 2.00 bits per heavy atom. The van der Waals surface area contributed by atoms with Gasteiger partial charge in [0.2, 0.25) is 5.91 Å². The summed E-state index contributed by atoms with van der Waals surface area (Å²) in [5.74, 6) is 0.500. The molecule has 1 aromatic carbocycles. The number of hydrogen-bond acceptors (Lipinski definition) is 3. The van der Waals surface area contributed by atoms with Crippen LogP contribution in [0.1, 0.15) is 19.4 Å². The van der Waals surface area contributed by atoms with E-state index in [0.29, 0.717) is 17.9 Å². The second kappa shape index (κ2) is 5.30. The maximum Gasteiger partial charge on any atom is 0.221 e. The Hall–Kier alpha value is -1.84. The molecule has 0 fully saturated rings. The summed E-state index contributed by atoms with van der Waals surface area (Å²) in [4.78, 5) is 22.0. The van der Waals surface area contributed by atoms with Gasteiger partial charge in [-0.3, -0.25) is 9.59 Å². The van der Waals surface area contributed by atoms with Crippen molar-refractivity contribution >= 4 is 17.4 Å². The zero-order valence-electron chi connectivity index (χ0n) is 9.66. The largest absolute Gasteiger partial charge is 0.495 e. The fourth-order valence-corrected chi connectivity index (χ4v) is 1.44. The fraction of sp³-hybridized carbons (Fsp3) is 0.333. The number of benzene rings is 1. The predicted octanol–water partition coefficient (Wildman–Crippen LogP) is 1.79. The van der Waals surface area contributed by atoms with Crippen molar-refractivity contribution in [3.05, 3.63) is 23.8 Å². The van der Waals surface area contributed by atoms with Crippen LogP contribution >= 0.6 is 0 Å². The summed E-state index contributed by atoms with van der Waals surface area (Å²) in [5, 5.41) is 2.66. The van der Waals surface area contributed by atoms with E-state index in [4.69, 9.17) is 4.74 Å². The highest BCUT2D eigenvalue weighted by Crippen LogP contribution is 2.25. The molecule has 0 radical (unpaired) electrons. The summed E-state index contributed by atoms with van der Waals surface area (Å²) in [6.45, 7) is 2.96. The lowest BCUT2D eigenvalue weighted by atomic mass is 10.1. The number of nitrogens with one attached hydrogen (secondary N) is 1. The van der Waals surface area contributed by atoms with E-state index in [-0.39, 0.29) is 11.7 Å². The van der Waals surface area contributed by atoms with Gasteiger partial charge in [0.15, 0.2) is 0 Å². The molecule has 4 heteroatoms. The Kier molecular flexibility index (Phi) is 4.05. The first kappa shape index (κ1) is 12.2. The van der Waals surface area contributed by atoms with Crippen molar-refractivity contribution in [1.29, 1.82) is 0 Å². The summed E-state index contributed by atoms with van der Waals surface area (Å²) < 4.78 is 5.11. The molecule has 0 unspecified atom stereocenters. The lowest BCUT2D eigenvalue weighted by Gasteiger charge is -2.10. The van der Waals surface area contributed by atoms with Gasteiger partial charge in [-0.1, -0.05) is 6.07 Å². The van der Waals surface area contributed by atoms with Gasteiger partial charge in [-0.05, 0) is 24.6 Å². The number of amides is 1. The molecule has 0 heterocycles. The van der Waals surface area contributed by atoms with Gasteiger partial charge in [0, 0.05) is 13.3 Å². The van der Waals surface area contributed by atoms with E-state index >= 15 is 0 Å². The lowest BCUT2D eigenvalue weighted by molar-refractivity contribution is -0.116. The van der Waals surface area contributed by atoms with Crippen LogP contribution in [0.15, 0.2) is 18.2 Å². The molecule has 0 spiro atoms. The molecular weight excluding hydrogens is 206 g/mol. The number of anilines is 1. The lowest BCUT2D eigenvalue weighted by Crippen LogP contribution is -2.08. The minimum absolute atomic E-state index is 0.0824. The summed E-state index contributed by atoms with van der Waals surface area (Å²) in [6, 6.07) is 5.30. The van der Waals surface area contributed by atoms with Gasteiger partial charge in [-0.2, -0.15) is 0 Å². The number of Topliss-reactive ketones (excluding diaryl/α,β-unsaturated/α-hetero) is 1. The normalized spacial score (nSPS) is 9.69. The topological polar surface area (TPSA) is 55.4 Å². The van der Waals surface area contributed by atoms with Crippen molar-refractivity contribution in [2.75, 3.05) is 12.4 Å². The van der Waals surface area contributed by atoms with Gasteiger partial charge in [0.25, 0.3) is 0 Å². The van der Waals surface area contributed by atoms with E-state index in [1.807, 2.05) is 6.07 Å². The Balaban J connectivity index is 3.00. The molecule has 1 aromatic rings. The van der Waals surface area contributed by atoms with Gasteiger partial charge in [0.05, 0.1) is 12.8 Å². The van der Waals surface area contributed by atoms with Gasteiger partial charge >= 0.3 is 0 Å². The summed E-state index contributed by atoms with van der Waals surface area (Å²) in [7, 11) is 1.53. The Morgan fingerprint density at radius 1 is 1.31 bits per heavy atom. The van der Waals surface area contributed by atoms with E-state index in [9.17, 15) is 9.59 Å². The molecule has 1 N–H and O–H groups in total. The van der Waals surface area contributed by atoms with Crippen molar-refractivity contribution < 1.29 is 14.3 Å². The van der Waals surface area contributed by atoms with Crippen LogP contribution in [0.2, 0.25) is 0 Å². The van der Waals surface area contributed by atoms with Crippen LogP contribution in [0.4, 0.5) is 5.69 Å². The van der Waals surface area contributed by atoms with Crippen molar-refractivity contribution in [2.45, 2.75) is 20.3 Å². The molecule has 0 saturated carbocycles. The molecule has 1 amide bonds. The third-order valence-corrected chi connectivity index (χ3v) is 2.03. The highest BCUT2D eigenvalue weighted by atomic mass is 16.5. The number of rotatable bonds is 4. The molecule has 0 aliphatic carbocycles. The second-order valence-corrected chi connectivity index (χ2v) is 3.59. The number of ether oxygens (including phenoxy) is 1. The minimum Gasteiger partial charge on any atom is -0.495 e. The van der Waals surface area contributed by atoms with Crippen LogP contribution in [0.25, 0.3) is 0 Å². The molecule has 0 aromatic heterocycles. The SMILES string of the molecule is COc1ccc(CC(C)=O)cc1NC(C)=O. The average molecular weight is 221 g/mol. The third-order valence-electron chi connectivity index (χ3n) is 2.03. The molecule has 0 atom stereocenters. The van der Waals surface area contributed by atoms with Crippen LogP contribution in [0, 0.1) is 0 Å². The average Bonchev–Trinajstić information content (AvgIpc) is 2.16. The van der Waals surface area contributed by atoms with E-state index in [2.05, 4.69) is 5.32 Å². The van der Waals surface area contributed by atoms with Crippen molar-refractivity contribution in [1.82, 2.24) is 0 Å². The maximum absolute atomic E-state index is 11.0. The van der Waals surface area contributed by atoms with Gasteiger partial charge < -0.3 is 10.1 Å². The van der Waals surface area contributed by atoms with Crippen molar-refractivity contribution in [3.8, 4) is 5.75 Å². The molecule has 4 nitrogen and oxygen atoms in total. The van der Waals surface area contributed by atoms with Gasteiger partial charge in [-0.25, -0.2) is 0 Å². The van der Waals surface area contributed by atoms with Crippen LogP contribution in [0.3, 0.4) is 0 Å². The summed E-state index contributed by atoms with van der Waals surface area (Å²) in [6.07, 6.45) is 0.358. The summed E-state index contributed by atoms with van der Waals surface area (Å²) in [5.41, 5.74) is 1.45. The van der Waals surface area contributed by atoms with Gasteiger partial charge in [0.1, 0.15) is 11.5 Å². The second-order valence-electron chi connectivity index (χ2n) is 3.59. The van der Waals surface area contributed by atoms with Crippen molar-refractivity contribution in [2.24, 2.45) is 0 Å². The smallest absolute Gasteiger partial charge is 0.221 e. The van der Waals surface area contributed by atoms with E-state index in [1.54, 1.807) is 12.1 Å². The molecule has 86 valence electrons. The Bertz CT molecular complexity index is 413. The Morgan fingerprint density at radius 3 is 2.50 bits per heavy atom. The number of ketones is 1.